The first-order chi connectivity index (χ1) is 8.35. The molecule has 2 aliphatic rings. The smallest absolute Gasteiger partial charge is 0.168 e. The van der Waals surface area contributed by atoms with Crippen LogP contribution < -0.4 is 5.32 Å². The van der Waals surface area contributed by atoms with Crippen molar-refractivity contribution in [2.45, 2.75) is 70.1 Å². The lowest BCUT2D eigenvalue weighted by atomic mass is 9.90. The molecule has 3 nitrogen and oxygen atoms in total. The third-order valence-electron chi connectivity index (χ3n) is 4.02. The molecule has 0 aromatic rings. The topological polar surface area (TPSA) is 30.5 Å². The normalized spacial score (nSPS) is 24.5. The second kappa shape index (κ2) is 6.72. The van der Waals surface area contributed by atoms with E-state index in [9.17, 15) is 0 Å². The quantitative estimate of drug-likeness (QED) is 0.725. The third kappa shape index (κ3) is 3.94. The molecule has 0 amide bonds. The van der Waals surface area contributed by atoms with E-state index in [1.54, 1.807) is 0 Å². The molecule has 0 bridgehead atoms. The van der Waals surface area contributed by atoms with Gasteiger partial charge >= 0.3 is 0 Å². The van der Waals surface area contributed by atoms with E-state index >= 15 is 0 Å². The molecule has 17 heavy (non-hydrogen) atoms. The first kappa shape index (κ1) is 13.3. The summed E-state index contributed by atoms with van der Waals surface area (Å²) in [6.45, 7) is 5.01. The summed E-state index contributed by atoms with van der Waals surface area (Å²) in [5.74, 6) is -0.194. The molecule has 2 rings (SSSR count). The van der Waals surface area contributed by atoms with Crippen molar-refractivity contribution >= 4 is 0 Å². The summed E-state index contributed by atoms with van der Waals surface area (Å²) < 4.78 is 11.5. The van der Waals surface area contributed by atoms with Crippen LogP contribution in [-0.4, -0.2) is 31.6 Å². The number of ether oxygens (including phenoxy) is 2. The highest BCUT2D eigenvalue weighted by atomic mass is 16.7. The molecule has 0 unspecified atom stereocenters. The minimum absolute atomic E-state index is 0.194. The molecule has 0 aromatic carbocycles. The first-order valence-corrected chi connectivity index (χ1v) is 7.36. The molecule has 1 N–H and O–H groups in total. The second-order valence-corrected chi connectivity index (χ2v) is 5.40. The summed E-state index contributed by atoms with van der Waals surface area (Å²) >= 11 is 0. The van der Waals surface area contributed by atoms with E-state index in [0.717, 1.165) is 26.1 Å². The highest BCUT2D eigenvalue weighted by Gasteiger charge is 2.39. The zero-order valence-electron chi connectivity index (χ0n) is 11.2. The van der Waals surface area contributed by atoms with Crippen LogP contribution in [0, 0.1) is 0 Å². The highest BCUT2D eigenvalue weighted by molar-refractivity contribution is 4.85. The summed E-state index contributed by atoms with van der Waals surface area (Å²) in [7, 11) is 0. The molecule has 1 aliphatic heterocycles. The molecule has 2 fully saturated rings. The number of hydrogen-bond acceptors (Lipinski definition) is 3. The first-order valence-electron chi connectivity index (χ1n) is 7.36. The largest absolute Gasteiger partial charge is 0.348 e. The molecule has 0 aromatic heterocycles. The zero-order chi connectivity index (χ0) is 12.0. The standard InChI is InChI=1S/C14H27NO2/c1-2-3-4-5-10-15-13-6-8-14(9-7-13)16-11-12-17-14/h13,15H,2-12H2,1H3. The number of unbranched alkanes of at least 4 members (excludes halogenated alkanes) is 3. The van der Waals surface area contributed by atoms with Crippen LogP contribution in [0.15, 0.2) is 0 Å². The molecule has 1 saturated carbocycles. The predicted molar refractivity (Wildman–Crippen MR) is 69.0 cm³/mol. The SMILES string of the molecule is CCCCCCNC1CCC2(CC1)OCCO2. The van der Waals surface area contributed by atoms with Gasteiger partial charge in [0.15, 0.2) is 5.79 Å². The molecule has 3 heteroatoms. The molecule has 1 heterocycles. The van der Waals surface area contributed by atoms with Crippen LogP contribution in [0.25, 0.3) is 0 Å². The molecular weight excluding hydrogens is 214 g/mol. The Labute approximate surface area is 105 Å². The van der Waals surface area contributed by atoms with Crippen LogP contribution in [0.3, 0.4) is 0 Å². The summed E-state index contributed by atoms with van der Waals surface area (Å²) in [5.41, 5.74) is 0. The minimum atomic E-state index is -0.194. The Morgan fingerprint density at radius 1 is 1.06 bits per heavy atom. The average molecular weight is 241 g/mol. The Morgan fingerprint density at radius 2 is 1.76 bits per heavy atom. The van der Waals surface area contributed by atoms with Crippen LogP contribution in [0.2, 0.25) is 0 Å². The number of nitrogens with one attached hydrogen (secondary N) is 1. The van der Waals surface area contributed by atoms with E-state index < -0.39 is 0 Å². The fourth-order valence-electron chi connectivity index (χ4n) is 2.91. The van der Waals surface area contributed by atoms with E-state index in [1.807, 2.05) is 0 Å². The predicted octanol–water partition coefficient (Wildman–Crippen LogP) is 2.84. The van der Waals surface area contributed by atoms with Gasteiger partial charge in [0.2, 0.25) is 0 Å². The average Bonchev–Trinajstić information content (AvgIpc) is 2.80. The van der Waals surface area contributed by atoms with Crippen molar-refractivity contribution in [3.05, 3.63) is 0 Å². The van der Waals surface area contributed by atoms with E-state index in [4.69, 9.17) is 9.47 Å². The van der Waals surface area contributed by atoms with Crippen LogP contribution in [0.1, 0.15) is 58.3 Å². The van der Waals surface area contributed by atoms with Gasteiger partial charge in [0.1, 0.15) is 0 Å². The van der Waals surface area contributed by atoms with Crippen molar-refractivity contribution in [1.29, 1.82) is 0 Å². The summed E-state index contributed by atoms with van der Waals surface area (Å²) in [5, 5.41) is 3.68. The summed E-state index contributed by atoms with van der Waals surface area (Å²) in [4.78, 5) is 0. The Morgan fingerprint density at radius 3 is 2.41 bits per heavy atom. The fraction of sp³-hybridized carbons (Fsp3) is 1.00. The molecule has 0 radical (unpaired) electrons. The van der Waals surface area contributed by atoms with Gasteiger partial charge in [-0.1, -0.05) is 26.2 Å². The van der Waals surface area contributed by atoms with Crippen LogP contribution >= 0.6 is 0 Å². The van der Waals surface area contributed by atoms with Crippen molar-refractivity contribution < 1.29 is 9.47 Å². The van der Waals surface area contributed by atoms with Crippen LogP contribution in [0.4, 0.5) is 0 Å². The van der Waals surface area contributed by atoms with Crippen molar-refractivity contribution in [2.24, 2.45) is 0 Å². The molecule has 100 valence electrons. The van der Waals surface area contributed by atoms with Gasteiger partial charge < -0.3 is 14.8 Å². The van der Waals surface area contributed by atoms with Gasteiger partial charge in [0.25, 0.3) is 0 Å². The minimum Gasteiger partial charge on any atom is -0.348 e. The third-order valence-corrected chi connectivity index (χ3v) is 4.02. The van der Waals surface area contributed by atoms with E-state index in [0.29, 0.717) is 6.04 Å². The Kier molecular flexibility index (Phi) is 5.26. The van der Waals surface area contributed by atoms with Gasteiger partial charge in [-0.2, -0.15) is 0 Å². The van der Waals surface area contributed by atoms with E-state index in [1.165, 1.54) is 45.1 Å². The van der Waals surface area contributed by atoms with Crippen molar-refractivity contribution in [3.63, 3.8) is 0 Å². The maximum absolute atomic E-state index is 5.74. The Bertz CT molecular complexity index is 204. The molecule has 0 atom stereocenters. The van der Waals surface area contributed by atoms with Crippen LogP contribution in [-0.2, 0) is 9.47 Å². The van der Waals surface area contributed by atoms with Gasteiger partial charge in [-0.05, 0) is 25.8 Å². The Balaban J connectivity index is 1.56. The Hall–Kier alpha value is -0.120. The van der Waals surface area contributed by atoms with Gasteiger partial charge in [0, 0.05) is 18.9 Å². The van der Waals surface area contributed by atoms with Crippen molar-refractivity contribution in [3.8, 4) is 0 Å². The van der Waals surface area contributed by atoms with Crippen molar-refractivity contribution in [2.75, 3.05) is 19.8 Å². The van der Waals surface area contributed by atoms with Gasteiger partial charge in [-0.25, -0.2) is 0 Å². The molecular formula is C14H27NO2. The lowest BCUT2D eigenvalue weighted by Gasteiger charge is -2.35. The summed E-state index contributed by atoms with van der Waals surface area (Å²) in [6, 6.07) is 0.690. The molecule has 1 spiro atoms. The lowest BCUT2D eigenvalue weighted by molar-refractivity contribution is -0.179. The summed E-state index contributed by atoms with van der Waals surface area (Å²) in [6.07, 6.45) is 9.92. The molecule has 1 saturated heterocycles. The lowest BCUT2D eigenvalue weighted by Crippen LogP contribution is -2.42. The highest BCUT2D eigenvalue weighted by Crippen LogP contribution is 2.35. The maximum atomic E-state index is 5.74. The van der Waals surface area contributed by atoms with E-state index in [2.05, 4.69) is 12.2 Å². The van der Waals surface area contributed by atoms with E-state index in [-0.39, 0.29) is 5.79 Å². The maximum Gasteiger partial charge on any atom is 0.168 e. The number of rotatable bonds is 6. The van der Waals surface area contributed by atoms with Crippen molar-refractivity contribution in [1.82, 2.24) is 5.32 Å². The zero-order valence-corrected chi connectivity index (χ0v) is 11.2. The second-order valence-electron chi connectivity index (χ2n) is 5.40. The van der Waals surface area contributed by atoms with Gasteiger partial charge in [-0.3, -0.25) is 0 Å². The monoisotopic (exact) mass is 241 g/mol. The van der Waals surface area contributed by atoms with Crippen LogP contribution in [0.5, 0.6) is 0 Å². The fourth-order valence-corrected chi connectivity index (χ4v) is 2.91. The van der Waals surface area contributed by atoms with Gasteiger partial charge in [0.05, 0.1) is 13.2 Å². The van der Waals surface area contributed by atoms with Gasteiger partial charge in [-0.15, -0.1) is 0 Å². The molecule has 1 aliphatic carbocycles. The number of hydrogen-bond donors (Lipinski definition) is 1.